The largest absolute Gasteiger partial charge is 0.380 e. The SMILES string of the molecule is COC1CCN(c2cc(C(=O)NCC3CC3)nc(N(C)CCc3ccccc3)n2)C1. The summed E-state index contributed by atoms with van der Waals surface area (Å²) < 4.78 is 5.50. The molecule has 1 unspecified atom stereocenters. The highest BCUT2D eigenvalue weighted by Gasteiger charge is 2.26. The molecule has 0 spiro atoms. The summed E-state index contributed by atoms with van der Waals surface area (Å²) in [6.45, 7) is 3.15. The number of methoxy groups -OCH3 is 1. The Hall–Kier alpha value is -2.67. The lowest BCUT2D eigenvalue weighted by Crippen LogP contribution is -2.30. The maximum atomic E-state index is 12.8. The number of likely N-dealkylation sites (N-methyl/N-ethyl adjacent to an activating group) is 1. The first-order valence-corrected chi connectivity index (χ1v) is 10.8. The third kappa shape index (κ3) is 5.27. The predicted octanol–water partition coefficient (Wildman–Crippen LogP) is 2.52. The van der Waals surface area contributed by atoms with E-state index in [2.05, 4.69) is 27.3 Å². The summed E-state index contributed by atoms with van der Waals surface area (Å²) in [5, 5.41) is 3.03. The molecule has 7 heteroatoms. The van der Waals surface area contributed by atoms with Crippen molar-refractivity contribution in [2.45, 2.75) is 31.8 Å². The molecule has 1 aliphatic heterocycles. The van der Waals surface area contributed by atoms with E-state index in [1.165, 1.54) is 18.4 Å². The monoisotopic (exact) mass is 409 g/mol. The molecule has 1 saturated carbocycles. The number of ether oxygens (including phenoxy) is 1. The molecule has 1 atom stereocenters. The van der Waals surface area contributed by atoms with E-state index in [1.807, 2.05) is 36.2 Å². The van der Waals surface area contributed by atoms with Gasteiger partial charge in [-0.1, -0.05) is 30.3 Å². The van der Waals surface area contributed by atoms with Gasteiger partial charge in [-0.25, -0.2) is 4.98 Å². The minimum Gasteiger partial charge on any atom is -0.380 e. The smallest absolute Gasteiger partial charge is 0.270 e. The first kappa shape index (κ1) is 20.6. The Morgan fingerprint density at radius 1 is 1.23 bits per heavy atom. The number of nitrogens with one attached hydrogen (secondary N) is 1. The van der Waals surface area contributed by atoms with Crippen LogP contribution in [0.2, 0.25) is 0 Å². The molecule has 7 nitrogen and oxygen atoms in total. The average molecular weight is 410 g/mol. The molecule has 4 rings (SSSR count). The van der Waals surface area contributed by atoms with Gasteiger partial charge in [-0.05, 0) is 37.2 Å². The van der Waals surface area contributed by atoms with Gasteiger partial charge in [0, 0.05) is 46.4 Å². The fourth-order valence-electron chi connectivity index (χ4n) is 3.69. The molecule has 1 aromatic carbocycles. The summed E-state index contributed by atoms with van der Waals surface area (Å²) in [5.74, 6) is 1.89. The van der Waals surface area contributed by atoms with Crippen LogP contribution in [-0.2, 0) is 11.2 Å². The van der Waals surface area contributed by atoms with E-state index in [-0.39, 0.29) is 12.0 Å². The van der Waals surface area contributed by atoms with Crippen LogP contribution in [0.3, 0.4) is 0 Å². The van der Waals surface area contributed by atoms with Gasteiger partial charge >= 0.3 is 0 Å². The van der Waals surface area contributed by atoms with E-state index in [4.69, 9.17) is 9.72 Å². The highest BCUT2D eigenvalue weighted by atomic mass is 16.5. The third-order valence-electron chi connectivity index (χ3n) is 5.90. The lowest BCUT2D eigenvalue weighted by Gasteiger charge is -2.22. The Balaban J connectivity index is 1.51. The topological polar surface area (TPSA) is 70.6 Å². The summed E-state index contributed by atoms with van der Waals surface area (Å²) in [7, 11) is 3.73. The van der Waals surface area contributed by atoms with Gasteiger partial charge in [-0.15, -0.1) is 0 Å². The molecule has 0 radical (unpaired) electrons. The Kier molecular flexibility index (Phi) is 6.47. The van der Waals surface area contributed by atoms with Crippen molar-refractivity contribution < 1.29 is 9.53 Å². The van der Waals surface area contributed by atoms with Crippen molar-refractivity contribution in [2.24, 2.45) is 5.92 Å². The van der Waals surface area contributed by atoms with Crippen LogP contribution in [0.25, 0.3) is 0 Å². The van der Waals surface area contributed by atoms with Crippen molar-refractivity contribution in [3.05, 3.63) is 47.7 Å². The molecular formula is C23H31N5O2. The number of carbonyl (C=O) groups excluding carboxylic acids is 1. The van der Waals surface area contributed by atoms with E-state index < -0.39 is 0 Å². The van der Waals surface area contributed by atoms with Gasteiger partial charge in [0.2, 0.25) is 5.95 Å². The van der Waals surface area contributed by atoms with Crippen LogP contribution < -0.4 is 15.1 Å². The van der Waals surface area contributed by atoms with Crippen LogP contribution in [0, 0.1) is 5.92 Å². The van der Waals surface area contributed by atoms with E-state index in [9.17, 15) is 4.79 Å². The van der Waals surface area contributed by atoms with Gasteiger partial charge in [0.15, 0.2) is 0 Å². The zero-order valence-electron chi connectivity index (χ0n) is 17.9. The molecule has 1 saturated heterocycles. The summed E-state index contributed by atoms with van der Waals surface area (Å²) in [4.78, 5) is 26.4. The first-order valence-electron chi connectivity index (χ1n) is 10.8. The van der Waals surface area contributed by atoms with Gasteiger partial charge in [-0.2, -0.15) is 4.98 Å². The maximum absolute atomic E-state index is 12.8. The van der Waals surface area contributed by atoms with E-state index in [0.29, 0.717) is 17.6 Å². The zero-order chi connectivity index (χ0) is 20.9. The number of aromatic nitrogens is 2. The molecular weight excluding hydrogens is 378 g/mol. The van der Waals surface area contributed by atoms with Gasteiger partial charge in [-0.3, -0.25) is 4.79 Å². The number of anilines is 2. The van der Waals surface area contributed by atoms with Gasteiger partial charge in [0.25, 0.3) is 5.91 Å². The fourth-order valence-corrected chi connectivity index (χ4v) is 3.69. The predicted molar refractivity (Wildman–Crippen MR) is 118 cm³/mol. The molecule has 1 aliphatic carbocycles. The normalized spacial score (nSPS) is 18.5. The highest BCUT2D eigenvalue weighted by Crippen LogP contribution is 2.28. The molecule has 1 aromatic heterocycles. The van der Waals surface area contributed by atoms with Crippen LogP contribution in [0.4, 0.5) is 11.8 Å². The Morgan fingerprint density at radius 2 is 2.03 bits per heavy atom. The standard InChI is InChI=1S/C23H31N5O2/c1-27(12-10-17-6-4-3-5-7-17)23-25-20(22(29)24-15-18-8-9-18)14-21(26-23)28-13-11-19(16-28)30-2/h3-7,14,18-19H,8-13,15-16H2,1-2H3,(H,24,29). The zero-order valence-corrected chi connectivity index (χ0v) is 17.9. The van der Waals surface area contributed by atoms with Gasteiger partial charge in [0.1, 0.15) is 11.5 Å². The number of hydrogen-bond acceptors (Lipinski definition) is 6. The molecule has 2 aromatic rings. The van der Waals surface area contributed by atoms with E-state index in [0.717, 1.165) is 44.8 Å². The summed E-state index contributed by atoms with van der Waals surface area (Å²) in [6, 6.07) is 12.2. The van der Waals surface area contributed by atoms with E-state index >= 15 is 0 Å². The Morgan fingerprint density at radius 3 is 2.73 bits per heavy atom. The first-order chi connectivity index (χ1) is 14.6. The molecule has 0 bridgehead atoms. The molecule has 160 valence electrons. The molecule has 2 aliphatic rings. The second-order valence-electron chi connectivity index (χ2n) is 8.31. The number of amides is 1. The quantitative estimate of drug-likeness (QED) is 0.686. The minimum atomic E-state index is -0.120. The Bertz CT molecular complexity index is 856. The summed E-state index contributed by atoms with van der Waals surface area (Å²) in [6.07, 6.45) is 4.46. The number of benzene rings is 1. The lowest BCUT2D eigenvalue weighted by molar-refractivity contribution is 0.0946. The number of hydrogen-bond donors (Lipinski definition) is 1. The summed E-state index contributed by atoms with van der Waals surface area (Å²) in [5.41, 5.74) is 1.70. The molecule has 1 amide bonds. The lowest BCUT2D eigenvalue weighted by atomic mass is 10.1. The fraction of sp³-hybridized carbons (Fsp3) is 0.522. The van der Waals surface area contributed by atoms with Crippen molar-refractivity contribution in [3.8, 4) is 0 Å². The Labute approximate surface area is 178 Å². The van der Waals surface area contributed by atoms with Crippen LogP contribution in [0.1, 0.15) is 35.3 Å². The molecule has 1 N–H and O–H groups in total. The second kappa shape index (κ2) is 9.43. The van der Waals surface area contributed by atoms with Crippen molar-refractivity contribution >= 4 is 17.7 Å². The van der Waals surface area contributed by atoms with Crippen LogP contribution in [0.15, 0.2) is 36.4 Å². The van der Waals surface area contributed by atoms with Crippen molar-refractivity contribution in [1.82, 2.24) is 15.3 Å². The van der Waals surface area contributed by atoms with Crippen LogP contribution in [-0.4, -0.2) is 62.3 Å². The molecule has 2 heterocycles. The van der Waals surface area contributed by atoms with Gasteiger partial charge < -0.3 is 19.9 Å². The number of nitrogens with zero attached hydrogens (tertiary/aromatic N) is 4. The van der Waals surface area contributed by atoms with Crippen LogP contribution >= 0.6 is 0 Å². The van der Waals surface area contributed by atoms with Crippen LogP contribution in [0.5, 0.6) is 0 Å². The summed E-state index contributed by atoms with van der Waals surface area (Å²) >= 11 is 0. The number of carbonyl (C=O) groups is 1. The number of rotatable bonds is 9. The van der Waals surface area contributed by atoms with Gasteiger partial charge in [0.05, 0.1) is 6.10 Å². The second-order valence-corrected chi connectivity index (χ2v) is 8.31. The van der Waals surface area contributed by atoms with E-state index in [1.54, 1.807) is 7.11 Å². The van der Waals surface area contributed by atoms with Crippen molar-refractivity contribution in [1.29, 1.82) is 0 Å². The highest BCUT2D eigenvalue weighted by molar-refractivity contribution is 5.93. The average Bonchev–Trinajstić information content (AvgIpc) is 3.50. The van der Waals surface area contributed by atoms with Crippen molar-refractivity contribution in [2.75, 3.05) is 50.1 Å². The maximum Gasteiger partial charge on any atom is 0.270 e. The molecule has 2 fully saturated rings. The molecule has 30 heavy (non-hydrogen) atoms. The third-order valence-corrected chi connectivity index (χ3v) is 5.90. The van der Waals surface area contributed by atoms with Crippen molar-refractivity contribution in [3.63, 3.8) is 0 Å². The minimum absolute atomic E-state index is 0.120.